The fourth-order valence-corrected chi connectivity index (χ4v) is 9.29. The Kier molecular flexibility index (Phi) is 13.0. The SMILES string of the molecule is C=CCN1CC(=O)N2[C@@H](Cc3ccc(O)cc3)C(=O)N(Cc3cccc4c(-c5ccc(C(=O)Nc6cccc(OCc7ccccc7)c6)cc5)cn(C)c34)C[C@@H]2N1C(=O)CCc1ccccc1. The van der Waals surface area contributed by atoms with Gasteiger partial charge in [-0.3, -0.25) is 19.2 Å². The third kappa shape index (κ3) is 9.71. The maximum atomic E-state index is 14.8. The van der Waals surface area contributed by atoms with Crippen LogP contribution in [0.5, 0.6) is 11.5 Å². The third-order valence-corrected chi connectivity index (χ3v) is 12.5. The second kappa shape index (κ2) is 19.6. The Labute approximate surface area is 389 Å². The summed E-state index contributed by atoms with van der Waals surface area (Å²) < 4.78 is 8.02. The summed E-state index contributed by atoms with van der Waals surface area (Å²) in [5, 5.41) is 17.4. The topological polar surface area (TPSA) is 128 Å². The number of nitrogens with one attached hydrogen (secondary N) is 1. The van der Waals surface area contributed by atoms with Gasteiger partial charge in [-0.15, -0.1) is 6.58 Å². The highest BCUT2D eigenvalue weighted by atomic mass is 16.5. The van der Waals surface area contributed by atoms with Crippen molar-refractivity contribution >= 4 is 40.2 Å². The molecule has 1 aromatic heterocycles. The Morgan fingerprint density at radius 2 is 1.54 bits per heavy atom. The van der Waals surface area contributed by atoms with Crippen molar-refractivity contribution in [3.8, 4) is 22.6 Å². The number of hydrogen-bond donors (Lipinski definition) is 2. The predicted molar refractivity (Wildman–Crippen MR) is 259 cm³/mol. The maximum absolute atomic E-state index is 14.8. The number of carbonyl (C=O) groups excluding carboxylic acids is 4. The first-order valence-electron chi connectivity index (χ1n) is 22.5. The number of ether oxygens (including phenoxy) is 1. The van der Waals surface area contributed by atoms with Gasteiger partial charge in [0.05, 0.1) is 18.6 Å². The van der Waals surface area contributed by atoms with Gasteiger partial charge in [-0.25, -0.2) is 10.0 Å². The number of aryl methyl sites for hydroxylation is 2. The largest absolute Gasteiger partial charge is 0.508 e. The normalized spacial score (nSPS) is 16.2. The van der Waals surface area contributed by atoms with Crippen LogP contribution in [0.2, 0.25) is 0 Å². The molecule has 7 aromatic rings. The highest BCUT2D eigenvalue weighted by Crippen LogP contribution is 2.35. The van der Waals surface area contributed by atoms with Crippen LogP contribution < -0.4 is 10.1 Å². The minimum absolute atomic E-state index is 0.0745. The lowest BCUT2D eigenvalue weighted by molar-refractivity contribution is -0.205. The van der Waals surface area contributed by atoms with E-state index in [1.807, 2.05) is 122 Å². The Morgan fingerprint density at radius 1 is 0.821 bits per heavy atom. The number of piperazine rings is 1. The van der Waals surface area contributed by atoms with Crippen molar-refractivity contribution in [1.82, 2.24) is 24.4 Å². The van der Waals surface area contributed by atoms with E-state index in [0.717, 1.165) is 44.3 Å². The minimum atomic E-state index is -0.901. The fourth-order valence-electron chi connectivity index (χ4n) is 9.29. The molecule has 2 aliphatic heterocycles. The van der Waals surface area contributed by atoms with E-state index in [-0.39, 0.29) is 68.4 Å². The molecule has 2 fully saturated rings. The molecule has 0 saturated carbocycles. The summed E-state index contributed by atoms with van der Waals surface area (Å²) in [5.41, 5.74) is 7.69. The van der Waals surface area contributed by atoms with Gasteiger partial charge in [0.2, 0.25) is 17.7 Å². The maximum Gasteiger partial charge on any atom is 0.255 e. The van der Waals surface area contributed by atoms with Crippen LogP contribution in [-0.2, 0) is 47.4 Å². The molecule has 0 spiro atoms. The lowest BCUT2D eigenvalue weighted by Gasteiger charge is -2.55. The van der Waals surface area contributed by atoms with E-state index in [1.165, 1.54) is 0 Å². The molecule has 2 aliphatic rings. The number of para-hydroxylation sites is 1. The molecular weight excluding hydrogens is 841 g/mol. The molecule has 0 aliphatic carbocycles. The molecule has 2 atom stereocenters. The predicted octanol–water partition coefficient (Wildman–Crippen LogP) is 8.37. The summed E-state index contributed by atoms with van der Waals surface area (Å²) in [6.45, 7) is 4.87. The van der Waals surface area contributed by atoms with Gasteiger partial charge in [0.25, 0.3) is 5.91 Å². The number of anilines is 1. The van der Waals surface area contributed by atoms with E-state index in [2.05, 4.69) is 28.7 Å². The van der Waals surface area contributed by atoms with E-state index < -0.39 is 12.2 Å². The highest BCUT2D eigenvalue weighted by Gasteiger charge is 2.51. The number of rotatable bonds is 15. The zero-order valence-electron chi connectivity index (χ0n) is 37.3. The number of fused-ring (bicyclic) bond motifs is 2. The van der Waals surface area contributed by atoms with Crippen LogP contribution in [0.1, 0.15) is 39.0 Å². The highest BCUT2D eigenvalue weighted by molar-refractivity contribution is 6.05. The van der Waals surface area contributed by atoms with E-state index in [9.17, 15) is 24.3 Å². The third-order valence-electron chi connectivity index (χ3n) is 12.5. The smallest absolute Gasteiger partial charge is 0.255 e. The summed E-state index contributed by atoms with van der Waals surface area (Å²) in [6, 6.07) is 46.3. The van der Waals surface area contributed by atoms with Crippen molar-refractivity contribution in [3.05, 3.63) is 198 Å². The summed E-state index contributed by atoms with van der Waals surface area (Å²) >= 11 is 0. The van der Waals surface area contributed by atoms with E-state index in [1.54, 1.807) is 56.2 Å². The standard InChI is InChI=1S/C55H52N6O6/c1-3-30-59-36-52(64)60-49(31-39-20-27-45(62)28-21-39)55(66)58(35-50(60)61(59)51(63)29-22-38-12-6-4-7-13-38)33-43-16-10-19-47-48(34-57(2)53(43)47)41-23-25-42(26-24-41)54(65)56-44-17-11-18-46(32-44)67-37-40-14-8-5-9-15-40/h3-21,23-28,32,34,49-50,62H,1,22,29-31,33,35-37H2,2H3,(H,56,65)/t49-,50-/m0/s1. The lowest BCUT2D eigenvalue weighted by Crippen LogP contribution is -2.75. The van der Waals surface area contributed by atoms with Crippen molar-refractivity contribution in [1.29, 1.82) is 0 Å². The quantitative estimate of drug-likeness (QED) is 0.0991. The average Bonchev–Trinajstić information content (AvgIpc) is 3.69. The van der Waals surface area contributed by atoms with Crippen molar-refractivity contribution in [2.45, 2.75) is 44.6 Å². The Morgan fingerprint density at radius 3 is 2.27 bits per heavy atom. The molecule has 12 heteroatoms. The summed E-state index contributed by atoms with van der Waals surface area (Å²) in [4.78, 5) is 60.2. The molecule has 2 N–H and O–H groups in total. The number of aromatic nitrogens is 1. The number of phenols is 1. The van der Waals surface area contributed by atoms with E-state index in [4.69, 9.17) is 4.74 Å². The number of nitrogens with zero attached hydrogens (tertiary/aromatic N) is 5. The van der Waals surface area contributed by atoms with Gasteiger partial charge >= 0.3 is 0 Å². The molecule has 0 unspecified atom stereocenters. The Bertz CT molecular complexity index is 2920. The van der Waals surface area contributed by atoms with Crippen molar-refractivity contribution in [3.63, 3.8) is 0 Å². The number of hydrogen-bond acceptors (Lipinski definition) is 7. The van der Waals surface area contributed by atoms with Gasteiger partial charge in [-0.05, 0) is 70.6 Å². The number of aromatic hydroxyl groups is 1. The van der Waals surface area contributed by atoms with Crippen LogP contribution in [0.15, 0.2) is 171 Å². The molecule has 12 nitrogen and oxygen atoms in total. The van der Waals surface area contributed by atoms with Gasteiger partial charge in [-0.1, -0.05) is 115 Å². The Balaban J connectivity index is 0.970. The number of phenolic OH excluding ortho intramolecular Hbond substituents is 1. The van der Waals surface area contributed by atoms with E-state index >= 15 is 0 Å². The van der Waals surface area contributed by atoms with Gasteiger partial charge in [0.15, 0.2) is 0 Å². The van der Waals surface area contributed by atoms with E-state index in [0.29, 0.717) is 30.0 Å². The first-order valence-corrected chi connectivity index (χ1v) is 22.5. The molecule has 2 saturated heterocycles. The van der Waals surface area contributed by atoms with Crippen molar-refractivity contribution in [2.24, 2.45) is 7.05 Å². The number of amides is 4. The zero-order valence-corrected chi connectivity index (χ0v) is 37.3. The molecule has 4 amide bonds. The first kappa shape index (κ1) is 44.3. The number of benzene rings is 6. The summed E-state index contributed by atoms with van der Waals surface area (Å²) in [7, 11) is 1.97. The van der Waals surface area contributed by atoms with Gasteiger partial charge < -0.3 is 29.5 Å². The minimum Gasteiger partial charge on any atom is -0.508 e. The van der Waals surface area contributed by atoms with Crippen LogP contribution in [0.4, 0.5) is 5.69 Å². The van der Waals surface area contributed by atoms with Gasteiger partial charge in [0, 0.05) is 67.4 Å². The van der Waals surface area contributed by atoms with Gasteiger partial charge in [0.1, 0.15) is 30.3 Å². The summed E-state index contributed by atoms with van der Waals surface area (Å²) in [6.07, 6.45) is 3.90. The number of carbonyl (C=O) groups is 4. The first-order chi connectivity index (χ1) is 32.6. The molecule has 0 radical (unpaired) electrons. The molecule has 338 valence electrons. The van der Waals surface area contributed by atoms with Crippen molar-refractivity contribution < 1.29 is 29.0 Å². The van der Waals surface area contributed by atoms with Crippen LogP contribution >= 0.6 is 0 Å². The number of hydrazine groups is 1. The van der Waals surface area contributed by atoms with Crippen LogP contribution in [-0.4, -0.2) is 85.0 Å². The summed E-state index contributed by atoms with van der Waals surface area (Å²) in [5.74, 6) is -0.114. The second-order valence-electron chi connectivity index (χ2n) is 17.0. The molecular formula is C55H52N6O6. The van der Waals surface area contributed by atoms with Gasteiger partial charge in [-0.2, -0.15) is 0 Å². The van der Waals surface area contributed by atoms with Crippen LogP contribution in [0.25, 0.3) is 22.0 Å². The molecule has 67 heavy (non-hydrogen) atoms. The van der Waals surface area contributed by atoms with Crippen LogP contribution in [0.3, 0.4) is 0 Å². The Hall–Kier alpha value is -7.96. The molecule has 6 aromatic carbocycles. The van der Waals surface area contributed by atoms with Crippen molar-refractivity contribution in [2.75, 3.05) is 25.0 Å². The molecule has 3 heterocycles. The average molecular weight is 893 g/mol. The zero-order chi connectivity index (χ0) is 46.4. The monoisotopic (exact) mass is 892 g/mol. The molecule has 0 bridgehead atoms. The van der Waals surface area contributed by atoms with Crippen LogP contribution in [0, 0.1) is 0 Å². The fraction of sp³-hybridized carbons (Fsp3) is 0.200. The lowest BCUT2D eigenvalue weighted by atomic mass is 9.97. The second-order valence-corrected chi connectivity index (χ2v) is 17.0. The molecule has 9 rings (SSSR count).